The monoisotopic (exact) mass is 398 g/mol. The number of ether oxygens (including phenoxy) is 2. The van der Waals surface area contributed by atoms with Gasteiger partial charge in [-0.05, 0) is 18.2 Å². The quantitative estimate of drug-likeness (QED) is 0.768. The summed E-state index contributed by atoms with van der Waals surface area (Å²) in [5.74, 6) is -1.63. The van der Waals surface area contributed by atoms with Crippen molar-refractivity contribution in [3.63, 3.8) is 0 Å². The standard InChI is InChI=1S/C19H21F3N2O4/c20-19(21,22)14-2-1-3-15(11-14)24-12-13(10-16(24)25)17(26)23-6-4-18(5-7-23)27-8-9-28-18/h1-3,11,13H,4-10,12H2. The van der Waals surface area contributed by atoms with E-state index in [9.17, 15) is 22.8 Å². The normalized spacial score (nSPS) is 25.0. The summed E-state index contributed by atoms with van der Waals surface area (Å²) in [7, 11) is 0. The molecule has 0 radical (unpaired) electrons. The van der Waals surface area contributed by atoms with E-state index >= 15 is 0 Å². The molecule has 28 heavy (non-hydrogen) atoms. The van der Waals surface area contributed by atoms with Crippen molar-refractivity contribution in [3.8, 4) is 0 Å². The molecule has 2 amide bonds. The van der Waals surface area contributed by atoms with E-state index in [0.717, 1.165) is 12.1 Å². The van der Waals surface area contributed by atoms with Crippen LogP contribution in [0.1, 0.15) is 24.8 Å². The van der Waals surface area contributed by atoms with Gasteiger partial charge in [-0.15, -0.1) is 0 Å². The highest BCUT2D eigenvalue weighted by Crippen LogP contribution is 2.35. The fraction of sp³-hybridized carbons (Fsp3) is 0.579. The molecule has 3 aliphatic heterocycles. The Kier molecular flexibility index (Phi) is 4.83. The molecule has 3 heterocycles. The van der Waals surface area contributed by atoms with Crippen LogP contribution in [0, 0.1) is 5.92 Å². The van der Waals surface area contributed by atoms with Gasteiger partial charge in [-0.2, -0.15) is 13.2 Å². The molecule has 1 aromatic rings. The number of benzene rings is 1. The first-order valence-corrected chi connectivity index (χ1v) is 9.32. The van der Waals surface area contributed by atoms with E-state index in [1.165, 1.54) is 17.0 Å². The van der Waals surface area contributed by atoms with Gasteiger partial charge in [0.15, 0.2) is 5.79 Å². The summed E-state index contributed by atoms with van der Waals surface area (Å²) in [6.07, 6.45) is -3.32. The van der Waals surface area contributed by atoms with Crippen LogP contribution in [0.2, 0.25) is 0 Å². The largest absolute Gasteiger partial charge is 0.416 e. The Balaban J connectivity index is 1.41. The van der Waals surface area contributed by atoms with Crippen LogP contribution in [0.4, 0.5) is 18.9 Å². The van der Waals surface area contributed by atoms with E-state index in [1.54, 1.807) is 4.90 Å². The zero-order chi connectivity index (χ0) is 19.9. The molecule has 6 nitrogen and oxygen atoms in total. The van der Waals surface area contributed by atoms with E-state index in [4.69, 9.17) is 9.47 Å². The Bertz CT molecular complexity index is 767. The van der Waals surface area contributed by atoms with Crippen LogP contribution < -0.4 is 4.90 Å². The Morgan fingerprint density at radius 3 is 2.46 bits per heavy atom. The first kappa shape index (κ1) is 19.2. The van der Waals surface area contributed by atoms with Gasteiger partial charge in [0.2, 0.25) is 11.8 Å². The van der Waals surface area contributed by atoms with Crippen molar-refractivity contribution in [2.24, 2.45) is 5.92 Å². The molecule has 9 heteroatoms. The second-order valence-electron chi connectivity index (χ2n) is 7.39. The summed E-state index contributed by atoms with van der Waals surface area (Å²) in [5.41, 5.74) is -0.647. The fourth-order valence-electron chi connectivity index (χ4n) is 4.08. The molecule has 0 saturated carbocycles. The summed E-state index contributed by atoms with van der Waals surface area (Å²) in [5, 5.41) is 0. The molecule has 3 fully saturated rings. The van der Waals surface area contributed by atoms with Crippen LogP contribution in [-0.4, -0.2) is 55.3 Å². The average molecular weight is 398 g/mol. The lowest BCUT2D eigenvalue weighted by Crippen LogP contribution is -2.49. The molecule has 0 aromatic heterocycles. The number of piperidine rings is 1. The molecule has 0 aliphatic carbocycles. The minimum Gasteiger partial charge on any atom is -0.347 e. The highest BCUT2D eigenvalue weighted by atomic mass is 19.4. The van der Waals surface area contributed by atoms with Gasteiger partial charge < -0.3 is 19.3 Å². The van der Waals surface area contributed by atoms with Crippen molar-refractivity contribution in [1.29, 1.82) is 0 Å². The van der Waals surface area contributed by atoms with Crippen LogP contribution in [-0.2, 0) is 25.2 Å². The number of carbonyl (C=O) groups is 2. The Labute approximate surface area is 160 Å². The second-order valence-corrected chi connectivity index (χ2v) is 7.39. The fourth-order valence-corrected chi connectivity index (χ4v) is 4.08. The van der Waals surface area contributed by atoms with Crippen LogP contribution in [0.15, 0.2) is 24.3 Å². The van der Waals surface area contributed by atoms with Gasteiger partial charge in [0.25, 0.3) is 0 Å². The smallest absolute Gasteiger partial charge is 0.347 e. The van der Waals surface area contributed by atoms with Crippen molar-refractivity contribution in [1.82, 2.24) is 4.90 Å². The van der Waals surface area contributed by atoms with Gasteiger partial charge in [-0.25, -0.2) is 0 Å². The molecule has 1 aromatic carbocycles. The summed E-state index contributed by atoms with van der Waals surface area (Å²) >= 11 is 0. The molecular weight excluding hydrogens is 377 g/mol. The maximum absolute atomic E-state index is 12.9. The second kappa shape index (κ2) is 7.04. The summed E-state index contributed by atoms with van der Waals surface area (Å²) < 4.78 is 50.1. The van der Waals surface area contributed by atoms with Crippen molar-refractivity contribution in [2.75, 3.05) is 37.7 Å². The number of hydrogen-bond acceptors (Lipinski definition) is 4. The number of rotatable bonds is 2. The van der Waals surface area contributed by atoms with Crippen LogP contribution in [0.5, 0.6) is 0 Å². The molecule has 152 valence electrons. The van der Waals surface area contributed by atoms with E-state index in [1.807, 2.05) is 0 Å². The molecule has 4 rings (SSSR count). The number of nitrogens with zero attached hydrogens (tertiary/aromatic N) is 2. The molecule has 3 aliphatic rings. The minimum atomic E-state index is -4.48. The topological polar surface area (TPSA) is 59.1 Å². The third-order valence-electron chi connectivity index (χ3n) is 5.61. The number of alkyl halides is 3. The maximum Gasteiger partial charge on any atom is 0.416 e. The highest BCUT2D eigenvalue weighted by Gasteiger charge is 2.44. The zero-order valence-corrected chi connectivity index (χ0v) is 15.2. The molecule has 0 bridgehead atoms. The van der Waals surface area contributed by atoms with Gasteiger partial charge in [0, 0.05) is 44.6 Å². The number of hydrogen-bond donors (Lipinski definition) is 0. The SMILES string of the molecule is O=C(C1CC(=O)N(c2cccc(C(F)(F)F)c2)C1)N1CCC2(CC1)OCCO2. The Morgan fingerprint density at radius 2 is 1.82 bits per heavy atom. The van der Waals surface area contributed by atoms with E-state index in [-0.39, 0.29) is 30.5 Å². The third kappa shape index (κ3) is 3.60. The van der Waals surface area contributed by atoms with E-state index < -0.39 is 23.4 Å². The summed E-state index contributed by atoms with van der Waals surface area (Å²) in [6.45, 7) is 2.15. The van der Waals surface area contributed by atoms with Crippen LogP contribution >= 0.6 is 0 Å². The van der Waals surface area contributed by atoms with E-state index in [0.29, 0.717) is 39.1 Å². The lowest BCUT2D eigenvalue weighted by atomic mass is 10.0. The van der Waals surface area contributed by atoms with Crippen molar-refractivity contribution < 1.29 is 32.2 Å². The lowest BCUT2D eigenvalue weighted by molar-refractivity contribution is -0.188. The predicted octanol–water partition coefficient (Wildman–Crippen LogP) is 2.42. The van der Waals surface area contributed by atoms with Crippen LogP contribution in [0.25, 0.3) is 0 Å². The first-order valence-electron chi connectivity index (χ1n) is 9.32. The Hall–Kier alpha value is -2.13. The number of anilines is 1. The summed E-state index contributed by atoms with van der Waals surface area (Å²) in [4.78, 5) is 28.2. The van der Waals surface area contributed by atoms with Gasteiger partial charge in [0.05, 0.1) is 24.7 Å². The van der Waals surface area contributed by atoms with Crippen molar-refractivity contribution >= 4 is 17.5 Å². The van der Waals surface area contributed by atoms with Gasteiger partial charge in [-0.1, -0.05) is 6.07 Å². The highest BCUT2D eigenvalue weighted by molar-refractivity contribution is 6.00. The molecule has 1 atom stereocenters. The number of carbonyl (C=O) groups excluding carboxylic acids is 2. The molecule has 0 N–H and O–H groups in total. The molecule has 1 spiro atoms. The minimum absolute atomic E-state index is 0.00369. The maximum atomic E-state index is 12.9. The molecule has 1 unspecified atom stereocenters. The first-order chi connectivity index (χ1) is 13.3. The van der Waals surface area contributed by atoms with Gasteiger partial charge in [0.1, 0.15) is 0 Å². The van der Waals surface area contributed by atoms with Crippen LogP contribution in [0.3, 0.4) is 0 Å². The molecular formula is C19H21F3N2O4. The van der Waals surface area contributed by atoms with Crippen molar-refractivity contribution in [3.05, 3.63) is 29.8 Å². The van der Waals surface area contributed by atoms with Crippen molar-refractivity contribution in [2.45, 2.75) is 31.2 Å². The average Bonchev–Trinajstić information content (AvgIpc) is 3.28. The Morgan fingerprint density at radius 1 is 1.14 bits per heavy atom. The third-order valence-corrected chi connectivity index (χ3v) is 5.61. The molecule has 3 saturated heterocycles. The van der Waals surface area contributed by atoms with Gasteiger partial charge in [-0.3, -0.25) is 9.59 Å². The van der Waals surface area contributed by atoms with Gasteiger partial charge >= 0.3 is 6.18 Å². The number of halogens is 3. The lowest BCUT2D eigenvalue weighted by Gasteiger charge is -2.38. The predicted molar refractivity (Wildman–Crippen MR) is 92.4 cm³/mol. The number of amides is 2. The summed E-state index contributed by atoms with van der Waals surface area (Å²) in [6, 6.07) is 4.64. The zero-order valence-electron chi connectivity index (χ0n) is 15.2. The van der Waals surface area contributed by atoms with E-state index in [2.05, 4.69) is 0 Å². The number of likely N-dealkylation sites (tertiary alicyclic amines) is 1.